The Morgan fingerprint density at radius 2 is 1.88 bits per heavy atom. The van der Waals surface area contributed by atoms with Crippen LogP contribution in [0, 0.1) is 11.3 Å². The molecule has 162 valence electrons. The van der Waals surface area contributed by atoms with E-state index in [0.717, 1.165) is 10.0 Å². The minimum atomic E-state index is -0.491. The molecule has 3 aromatic carbocycles. The van der Waals surface area contributed by atoms with Crippen LogP contribution in [0.3, 0.4) is 0 Å². The number of rotatable bonds is 8. The van der Waals surface area contributed by atoms with Crippen molar-refractivity contribution in [3.63, 3.8) is 0 Å². The molecule has 32 heavy (non-hydrogen) atoms. The molecular weight excluding hydrogens is 468 g/mol. The minimum Gasteiger partial charge on any atom is -0.491 e. The lowest BCUT2D eigenvalue weighted by Gasteiger charge is -2.11. The van der Waals surface area contributed by atoms with Gasteiger partial charge in [0.2, 0.25) is 0 Å². The molecule has 0 aliphatic rings. The average Bonchev–Trinajstić information content (AvgIpc) is 2.77. The van der Waals surface area contributed by atoms with Crippen LogP contribution in [0.1, 0.15) is 25.0 Å². The first kappa shape index (κ1) is 23.1. The first-order chi connectivity index (χ1) is 15.4. The van der Waals surface area contributed by atoms with Crippen molar-refractivity contribution in [2.24, 2.45) is 0 Å². The summed E-state index contributed by atoms with van der Waals surface area (Å²) < 4.78 is 12.2. The number of anilines is 1. The summed E-state index contributed by atoms with van der Waals surface area (Å²) in [5.74, 6) is 0.834. The molecule has 0 saturated heterocycles. The molecule has 0 aliphatic heterocycles. The van der Waals surface area contributed by atoms with Crippen molar-refractivity contribution in [3.8, 4) is 17.6 Å². The number of ether oxygens (including phenoxy) is 2. The molecule has 0 saturated carbocycles. The van der Waals surface area contributed by atoms with E-state index in [1.54, 1.807) is 30.3 Å². The summed E-state index contributed by atoms with van der Waals surface area (Å²) in [4.78, 5) is 12.6. The molecule has 1 N–H and O–H groups in total. The van der Waals surface area contributed by atoms with Crippen molar-refractivity contribution in [1.29, 1.82) is 5.26 Å². The lowest BCUT2D eigenvalue weighted by molar-refractivity contribution is -0.112. The number of benzene rings is 3. The molecule has 3 rings (SSSR count). The summed E-state index contributed by atoms with van der Waals surface area (Å²) in [6.07, 6.45) is 1.56. The molecule has 6 heteroatoms. The fourth-order valence-electron chi connectivity index (χ4n) is 2.89. The Morgan fingerprint density at radius 3 is 2.56 bits per heavy atom. The van der Waals surface area contributed by atoms with Gasteiger partial charge < -0.3 is 14.8 Å². The van der Waals surface area contributed by atoms with Crippen molar-refractivity contribution in [2.75, 3.05) is 5.32 Å². The Hall–Kier alpha value is -3.56. The molecular formula is C26H23BrN2O3. The average molecular weight is 491 g/mol. The standard InChI is InChI=1S/C26H23BrN2O3/c1-18(2)32-23-10-6-9-22(15-23)29-26(30)21(16-28)13-20-11-12-25(24(27)14-20)31-17-19-7-4-3-5-8-19/h3-15,18H,17H2,1-2H3,(H,29,30)/b21-13-. The summed E-state index contributed by atoms with van der Waals surface area (Å²) >= 11 is 3.50. The summed E-state index contributed by atoms with van der Waals surface area (Å²) in [5, 5.41) is 12.2. The monoisotopic (exact) mass is 490 g/mol. The van der Waals surface area contributed by atoms with Gasteiger partial charge in [0.15, 0.2) is 0 Å². The van der Waals surface area contributed by atoms with Gasteiger partial charge in [-0.3, -0.25) is 4.79 Å². The number of nitrogens with one attached hydrogen (secondary N) is 1. The molecule has 1 amide bonds. The van der Waals surface area contributed by atoms with Gasteiger partial charge in [-0.05, 0) is 71.2 Å². The highest BCUT2D eigenvalue weighted by atomic mass is 79.9. The fraction of sp³-hybridized carbons (Fsp3) is 0.154. The quantitative estimate of drug-likeness (QED) is 0.294. The van der Waals surface area contributed by atoms with Crippen LogP contribution in [0.25, 0.3) is 6.08 Å². The molecule has 0 spiro atoms. The second-order valence-electron chi connectivity index (χ2n) is 7.28. The zero-order chi connectivity index (χ0) is 22.9. The van der Waals surface area contributed by atoms with Crippen LogP contribution >= 0.6 is 15.9 Å². The van der Waals surface area contributed by atoms with E-state index in [9.17, 15) is 10.1 Å². The van der Waals surface area contributed by atoms with Gasteiger partial charge in [0.25, 0.3) is 5.91 Å². The number of carbonyl (C=O) groups excluding carboxylic acids is 1. The molecule has 0 aliphatic carbocycles. The molecule has 0 bridgehead atoms. The highest BCUT2D eigenvalue weighted by Crippen LogP contribution is 2.28. The van der Waals surface area contributed by atoms with Crippen molar-refractivity contribution in [3.05, 3.63) is 94.0 Å². The predicted octanol–water partition coefficient (Wildman–Crippen LogP) is 6.36. The summed E-state index contributed by atoms with van der Waals surface area (Å²) in [6.45, 7) is 4.30. The Kier molecular flexibility index (Phi) is 8.07. The van der Waals surface area contributed by atoms with Crippen molar-refractivity contribution >= 4 is 33.6 Å². The number of hydrogen-bond acceptors (Lipinski definition) is 4. The highest BCUT2D eigenvalue weighted by molar-refractivity contribution is 9.10. The summed E-state index contributed by atoms with van der Waals surface area (Å²) in [7, 11) is 0. The zero-order valence-corrected chi connectivity index (χ0v) is 19.4. The van der Waals surface area contributed by atoms with Crippen LogP contribution in [0.15, 0.2) is 82.8 Å². The van der Waals surface area contributed by atoms with Gasteiger partial charge in [0.1, 0.15) is 29.7 Å². The van der Waals surface area contributed by atoms with Crippen molar-refractivity contribution in [1.82, 2.24) is 0 Å². The number of carbonyl (C=O) groups is 1. The zero-order valence-electron chi connectivity index (χ0n) is 17.8. The first-order valence-electron chi connectivity index (χ1n) is 10.1. The largest absolute Gasteiger partial charge is 0.491 e. The summed E-state index contributed by atoms with van der Waals surface area (Å²) in [5.41, 5.74) is 2.31. The van der Waals surface area contributed by atoms with E-state index in [4.69, 9.17) is 9.47 Å². The van der Waals surface area contributed by atoms with Gasteiger partial charge >= 0.3 is 0 Å². The van der Waals surface area contributed by atoms with Gasteiger partial charge in [-0.2, -0.15) is 5.26 Å². The maximum atomic E-state index is 12.6. The third kappa shape index (κ3) is 6.73. The van der Waals surface area contributed by atoms with E-state index >= 15 is 0 Å². The number of nitrogens with zero attached hydrogens (tertiary/aromatic N) is 1. The lowest BCUT2D eigenvalue weighted by atomic mass is 10.1. The van der Waals surface area contributed by atoms with E-state index in [0.29, 0.717) is 29.4 Å². The Morgan fingerprint density at radius 1 is 1.09 bits per heavy atom. The number of amides is 1. The Labute approximate surface area is 196 Å². The van der Waals surface area contributed by atoms with E-state index in [1.165, 1.54) is 6.08 Å². The van der Waals surface area contributed by atoms with E-state index in [2.05, 4.69) is 21.2 Å². The van der Waals surface area contributed by atoms with E-state index in [1.807, 2.05) is 62.4 Å². The molecule has 0 radical (unpaired) electrons. The predicted molar refractivity (Wildman–Crippen MR) is 129 cm³/mol. The number of halogens is 1. The normalized spacial score (nSPS) is 11.0. The van der Waals surface area contributed by atoms with E-state index < -0.39 is 5.91 Å². The fourth-order valence-corrected chi connectivity index (χ4v) is 3.40. The SMILES string of the molecule is CC(C)Oc1cccc(NC(=O)/C(C#N)=C\c2ccc(OCc3ccccc3)c(Br)c2)c1. The highest BCUT2D eigenvalue weighted by Gasteiger charge is 2.11. The number of hydrogen-bond donors (Lipinski definition) is 1. The molecule has 5 nitrogen and oxygen atoms in total. The van der Waals surface area contributed by atoms with Crippen LogP contribution in [-0.2, 0) is 11.4 Å². The third-order valence-corrected chi connectivity index (χ3v) is 4.95. The van der Waals surface area contributed by atoms with Crippen molar-refractivity contribution in [2.45, 2.75) is 26.6 Å². The Bertz CT molecular complexity index is 1150. The van der Waals surface area contributed by atoms with Crippen LogP contribution in [0.5, 0.6) is 11.5 Å². The third-order valence-electron chi connectivity index (χ3n) is 4.33. The summed E-state index contributed by atoms with van der Waals surface area (Å²) in [6, 6.07) is 24.3. The molecule has 3 aromatic rings. The molecule has 0 fully saturated rings. The van der Waals surface area contributed by atoms with Gasteiger partial charge in [-0.15, -0.1) is 0 Å². The van der Waals surface area contributed by atoms with Crippen LogP contribution in [0.2, 0.25) is 0 Å². The second kappa shape index (κ2) is 11.2. The van der Waals surface area contributed by atoms with Gasteiger partial charge in [-0.1, -0.05) is 42.5 Å². The molecule has 0 unspecified atom stereocenters. The number of nitriles is 1. The van der Waals surface area contributed by atoms with Crippen LogP contribution in [0.4, 0.5) is 5.69 Å². The minimum absolute atomic E-state index is 0.00923. The van der Waals surface area contributed by atoms with Crippen molar-refractivity contribution < 1.29 is 14.3 Å². The second-order valence-corrected chi connectivity index (χ2v) is 8.14. The van der Waals surface area contributed by atoms with Crippen LogP contribution in [-0.4, -0.2) is 12.0 Å². The Balaban J connectivity index is 1.69. The maximum absolute atomic E-state index is 12.6. The smallest absolute Gasteiger partial charge is 0.266 e. The van der Waals surface area contributed by atoms with Gasteiger partial charge in [0.05, 0.1) is 10.6 Å². The molecule has 0 heterocycles. The molecule has 0 aromatic heterocycles. The lowest BCUT2D eigenvalue weighted by Crippen LogP contribution is -2.13. The topological polar surface area (TPSA) is 71.3 Å². The maximum Gasteiger partial charge on any atom is 0.266 e. The molecule has 0 atom stereocenters. The van der Waals surface area contributed by atoms with Crippen LogP contribution < -0.4 is 14.8 Å². The van der Waals surface area contributed by atoms with E-state index in [-0.39, 0.29) is 11.7 Å². The van der Waals surface area contributed by atoms with Gasteiger partial charge in [-0.25, -0.2) is 0 Å². The first-order valence-corrected chi connectivity index (χ1v) is 10.9. The van der Waals surface area contributed by atoms with Gasteiger partial charge in [0, 0.05) is 11.8 Å².